The second kappa shape index (κ2) is 3.63. The van der Waals surface area contributed by atoms with Crippen molar-refractivity contribution in [1.29, 1.82) is 0 Å². The average molecular weight is 242 g/mol. The monoisotopic (exact) mass is 242 g/mol. The van der Waals surface area contributed by atoms with Crippen molar-refractivity contribution >= 4 is 16.0 Å². The number of nitrogens with one attached hydrogen (secondary N) is 2. The molecule has 0 spiro atoms. The first-order valence-corrected chi connectivity index (χ1v) is 5.92. The Morgan fingerprint density at radius 3 is 2.69 bits per heavy atom. The second-order valence-corrected chi connectivity index (χ2v) is 4.91. The van der Waals surface area contributed by atoms with Gasteiger partial charge in [-0.3, -0.25) is 5.10 Å². The number of sulfonamides is 1. The number of aromatic nitrogens is 3. The zero-order valence-corrected chi connectivity index (χ0v) is 9.50. The van der Waals surface area contributed by atoms with Gasteiger partial charge in [0.1, 0.15) is 11.2 Å². The van der Waals surface area contributed by atoms with E-state index in [1.165, 1.54) is 12.5 Å². The number of anilines is 1. The number of oxazole rings is 1. The molecule has 16 heavy (non-hydrogen) atoms. The third-order valence-electron chi connectivity index (χ3n) is 1.91. The summed E-state index contributed by atoms with van der Waals surface area (Å²) >= 11 is 0. The Kier molecular flexibility index (Phi) is 2.43. The first-order valence-electron chi connectivity index (χ1n) is 4.44. The van der Waals surface area contributed by atoms with Crippen LogP contribution in [0.2, 0.25) is 0 Å². The number of rotatable bonds is 3. The molecule has 0 fully saturated rings. The minimum absolute atomic E-state index is 0.0573. The van der Waals surface area contributed by atoms with E-state index in [-0.39, 0.29) is 10.9 Å². The van der Waals surface area contributed by atoms with Crippen molar-refractivity contribution in [1.82, 2.24) is 15.2 Å². The molecular formula is C8H10N4O3S. The van der Waals surface area contributed by atoms with E-state index >= 15 is 0 Å². The van der Waals surface area contributed by atoms with Crippen LogP contribution in [0.1, 0.15) is 11.4 Å². The first-order chi connectivity index (χ1) is 7.49. The minimum Gasteiger partial charge on any atom is -0.431 e. The summed E-state index contributed by atoms with van der Waals surface area (Å²) in [4.78, 5) is 3.92. The maximum atomic E-state index is 11.8. The van der Waals surface area contributed by atoms with Crippen LogP contribution in [-0.2, 0) is 10.0 Å². The van der Waals surface area contributed by atoms with Crippen LogP contribution in [0.5, 0.6) is 0 Å². The minimum atomic E-state index is -3.69. The second-order valence-electron chi connectivity index (χ2n) is 3.26. The Labute approximate surface area is 91.9 Å². The quantitative estimate of drug-likeness (QED) is 0.829. The van der Waals surface area contributed by atoms with Gasteiger partial charge in [0.25, 0.3) is 10.0 Å². The topological polar surface area (TPSA) is 101 Å². The fourth-order valence-corrected chi connectivity index (χ4v) is 2.26. The van der Waals surface area contributed by atoms with Crippen LogP contribution in [0, 0.1) is 13.8 Å². The third-order valence-corrected chi connectivity index (χ3v) is 3.35. The van der Waals surface area contributed by atoms with Crippen molar-refractivity contribution in [2.24, 2.45) is 0 Å². The van der Waals surface area contributed by atoms with Crippen LogP contribution in [-0.4, -0.2) is 23.6 Å². The number of hydrogen-bond donors (Lipinski definition) is 2. The Bertz CT molecular complexity index is 598. The lowest BCUT2D eigenvalue weighted by atomic mass is 10.5. The predicted molar refractivity (Wildman–Crippen MR) is 55.4 cm³/mol. The molecule has 0 bridgehead atoms. The number of H-pyrrole nitrogens is 1. The molecule has 0 aliphatic heterocycles. The normalized spacial score (nSPS) is 11.6. The van der Waals surface area contributed by atoms with Gasteiger partial charge < -0.3 is 4.42 Å². The van der Waals surface area contributed by atoms with Gasteiger partial charge in [-0.15, -0.1) is 0 Å². The van der Waals surface area contributed by atoms with Crippen molar-refractivity contribution in [3.8, 4) is 0 Å². The zero-order valence-electron chi connectivity index (χ0n) is 8.68. The lowest BCUT2D eigenvalue weighted by molar-refractivity contribution is 0.569. The summed E-state index contributed by atoms with van der Waals surface area (Å²) in [5, 5.41) is 6.19. The predicted octanol–water partition coefficient (Wildman–Crippen LogP) is 0.815. The van der Waals surface area contributed by atoms with E-state index in [0.29, 0.717) is 11.4 Å². The highest BCUT2D eigenvalue weighted by molar-refractivity contribution is 7.92. The molecule has 0 saturated carbocycles. The van der Waals surface area contributed by atoms with E-state index in [2.05, 4.69) is 19.9 Å². The number of aryl methyl sites for hydroxylation is 2. The van der Waals surface area contributed by atoms with Gasteiger partial charge in [0, 0.05) is 0 Å². The van der Waals surface area contributed by atoms with Gasteiger partial charge in [0.15, 0.2) is 0 Å². The summed E-state index contributed by atoms with van der Waals surface area (Å²) in [6.45, 7) is 3.31. The van der Waals surface area contributed by atoms with Gasteiger partial charge >= 0.3 is 6.01 Å². The van der Waals surface area contributed by atoms with Gasteiger partial charge in [-0.2, -0.15) is 10.1 Å². The maximum absolute atomic E-state index is 11.8. The van der Waals surface area contributed by atoms with Crippen molar-refractivity contribution in [2.45, 2.75) is 18.7 Å². The van der Waals surface area contributed by atoms with Crippen LogP contribution in [0.25, 0.3) is 0 Å². The standard InChI is InChI=1S/C8H10N4O3S/c1-5-4-15-8(10-5)12-16(13,14)7-3-9-11-6(7)2/h3-4H,1-2H3,(H,9,11)(H,10,12). The van der Waals surface area contributed by atoms with Crippen LogP contribution in [0.15, 0.2) is 21.8 Å². The highest BCUT2D eigenvalue weighted by atomic mass is 32.2. The molecule has 2 aromatic heterocycles. The molecule has 2 rings (SSSR count). The van der Waals surface area contributed by atoms with Crippen molar-refractivity contribution < 1.29 is 12.8 Å². The summed E-state index contributed by atoms with van der Waals surface area (Å²) in [5.41, 5.74) is 1.05. The summed E-state index contributed by atoms with van der Waals surface area (Å²) in [6, 6.07) is -0.0573. The van der Waals surface area contributed by atoms with Crippen molar-refractivity contribution in [3.05, 3.63) is 23.8 Å². The molecule has 0 aliphatic carbocycles. The molecule has 2 N–H and O–H groups in total. The van der Waals surface area contributed by atoms with Gasteiger partial charge in [-0.1, -0.05) is 0 Å². The molecule has 0 atom stereocenters. The number of nitrogens with zero attached hydrogens (tertiary/aromatic N) is 2. The molecule has 8 heteroatoms. The van der Waals surface area contributed by atoms with E-state index in [0.717, 1.165) is 0 Å². The lowest BCUT2D eigenvalue weighted by Crippen LogP contribution is -2.13. The van der Waals surface area contributed by atoms with Crippen molar-refractivity contribution in [2.75, 3.05) is 4.72 Å². The van der Waals surface area contributed by atoms with E-state index in [9.17, 15) is 8.42 Å². The summed E-state index contributed by atoms with van der Waals surface area (Å²) in [7, 11) is -3.69. The largest absolute Gasteiger partial charge is 0.431 e. The molecule has 2 heterocycles. The van der Waals surface area contributed by atoms with Gasteiger partial charge in [-0.25, -0.2) is 13.1 Å². The molecule has 0 saturated heterocycles. The molecule has 0 amide bonds. The van der Waals surface area contributed by atoms with Crippen LogP contribution in [0.4, 0.5) is 6.01 Å². The molecule has 0 unspecified atom stereocenters. The molecule has 86 valence electrons. The van der Waals surface area contributed by atoms with Crippen LogP contribution in [0.3, 0.4) is 0 Å². The van der Waals surface area contributed by atoms with Crippen molar-refractivity contribution in [3.63, 3.8) is 0 Å². The summed E-state index contributed by atoms with van der Waals surface area (Å²) < 4.78 is 30.8. The molecule has 7 nitrogen and oxygen atoms in total. The van der Waals surface area contributed by atoms with Gasteiger partial charge in [0.2, 0.25) is 0 Å². The third kappa shape index (κ3) is 1.91. The molecular weight excluding hydrogens is 232 g/mol. The molecule has 2 aromatic rings. The molecule has 0 aromatic carbocycles. The maximum Gasteiger partial charge on any atom is 0.309 e. The number of hydrogen-bond acceptors (Lipinski definition) is 5. The van der Waals surface area contributed by atoms with E-state index < -0.39 is 10.0 Å². The fourth-order valence-electron chi connectivity index (χ4n) is 1.18. The summed E-state index contributed by atoms with van der Waals surface area (Å²) in [6.07, 6.45) is 2.59. The first kappa shape index (κ1) is 10.7. The fraction of sp³-hybridized carbons (Fsp3) is 0.250. The highest BCUT2D eigenvalue weighted by Crippen LogP contribution is 2.16. The Balaban J connectivity index is 2.31. The highest BCUT2D eigenvalue weighted by Gasteiger charge is 2.20. The average Bonchev–Trinajstić information content (AvgIpc) is 2.74. The molecule has 0 aliphatic rings. The number of aromatic amines is 1. The SMILES string of the molecule is Cc1coc(NS(=O)(=O)c2cn[nH]c2C)n1. The van der Waals surface area contributed by atoms with Gasteiger partial charge in [0.05, 0.1) is 17.6 Å². The van der Waals surface area contributed by atoms with Crippen LogP contribution < -0.4 is 4.72 Å². The van der Waals surface area contributed by atoms with E-state index in [4.69, 9.17) is 4.42 Å². The lowest BCUT2D eigenvalue weighted by Gasteiger charge is -2.01. The summed E-state index contributed by atoms with van der Waals surface area (Å²) in [5.74, 6) is 0. The Morgan fingerprint density at radius 1 is 1.44 bits per heavy atom. The Hall–Kier alpha value is -1.83. The van der Waals surface area contributed by atoms with E-state index in [1.54, 1.807) is 13.8 Å². The smallest absolute Gasteiger partial charge is 0.309 e. The Morgan fingerprint density at radius 2 is 2.19 bits per heavy atom. The van der Waals surface area contributed by atoms with Crippen LogP contribution >= 0.6 is 0 Å². The van der Waals surface area contributed by atoms with E-state index in [1.807, 2.05) is 0 Å². The zero-order chi connectivity index (χ0) is 11.8. The van der Waals surface area contributed by atoms with Gasteiger partial charge in [-0.05, 0) is 13.8 Å². The molecule has 0 radical (unpaired) electrons.